The molecule has 1 aromatic carbocycles. The lowest BCUT2D eigenvalue weighted by molar-refractivity contribution is -0.121. The summed E-state index contributed by atoms with van der Waals surface area (Å²) in [5.74, 6) is 0.482. The molecule has 25 heavy (non-hydrogen) atoms. The van der Waals surface area contributed by atoms with Gasteiger partial charge in [-0.2, -0.15) is 11.3 Å². The molecule has 0 saturated heterocycles. The maximum absolute atomic E-state index is 11.7. The van der Waals surface area contributed by atoms with Gasteiger partial charge in [-0.25, -0.2) is 10.2 Å². The molecule has 0 bridgehead atoms. The minimum Gasteiger partial charge on any atom is -0.493 e. The number of carbonyl (C=O) groups is 2. The summed E-state index contributed by atoms with van der Waals surface area (Å²) < 4.78 is 15.3. The first-order chi connectivity index (χ1) is 12.0. The summed E-state index contributed by atoms with van der Waals surface area (Å²) in [6, 6.07) is 5.15. The molecule has 0 atom stereocenters. The van der Waals surface area contributed by atoms with E-state index in [0.717, 1.165) is 5.56 Å². The van der Waals surface area contributed by atoms with Gasteiger partial charge in [-0.1, -0.05) is 17.7 Å². The van der Waals surface area contributed by atoms with Gasteiger partial charge in [0.05, 0.1) is 25.7 Å². The average Bonchev–Trinajstić information content (AvgIpc) is 3.11. The molecule has 1 aromatic heterocycles. The fourth-order valence-corrected chi connectivity index (χ4v) is 2.92. The van der Waals surface area contributed by atoms with Crippen molar-refractivity contribution in [1.29, 1.82) is 0 Å². The molecule has 2 amide bonds. The number of hydrogen-bond donors (Lipinski definition) is 2. The number of hydrogen-bond acceptors (Lipinski definition) is 6. The predicted octanol–water partition coefficient (Wildman–Crippen LogP) is 2.92. The molecule has 0 aliphatic rings. The maximum Gasteiger partial charge on any atom is 0.426 e. The highest BCUT2D eigenvalue weighted by atomic mass is 35.5. The normalized spacial score (nSPS) is 10.0. The van der Waals surface area contributed by atoms with Crippen molar-refractivity contribution >= 4 is 34.9 Å². The average molecular weight is 385 g/mol. The topological polar surface area (TPSA) is 85.9 Å². The zero-order chi connectivity index (χ0) is 18.2. The summed E-state index contributed by atoms with van der Waals surface area (Å²) >= 11 is 7.69. The second-order valence-corrected chi connectivity index (χ2v) is 5.99. The Morgan fingerprint density at radius 2 is 1.96 bits per heavy atom. The zero-order valence-corrected chi connectivity index (χ0v) is 15.2. The summed E-state index contributed by atoms with van der Waals surface area (Å²) in [7, 11) is 2.96. The minimum atomic E-state index is -0.801. The van der Waals surface area contributed by atoms with Crippen molar-refractivity contribution in [3.8, 4) is 11.5 Å². The highest BCUT2D eigenvalue weighted by molar-refractivity contribution is 7.08. The summed E-state index contributed by atoms with van der Waals surface area (Å²) in [5.41, 5.74) is 5.87. The van der Waals surface area contributed by atoms with Crippen LogP contribution in [-0.4, -0.2) is 26.2 Å². The predicted molar refractivity (Wildman–Crippen MR) is 94.0 cm³/mol. The van der Waals surface area contributed by atoms with Crippen LogP contribution in [0.25, 0.3) is 0 Å². The number of hydrazine groups is 1. The summed E-state index contributed by atoms with van der Waals surface area (Å²) in [6.07, 6.45) is -0.629. The van der Waals surface area contributed by atoms with Gasteiger partial charge < -0.3 is 14.2 Å². The molecule has 0 aliphatic carbocycles. The number of methoxy groups -OCH3 is 2. The van der Waals surface area contributed by atoms with Gasteiger partial charge in [0.1, 0.15) is 6.61 Å². The van der Waals surface area contributed by atoms with Gasteiger partial charge in [0, 0.05) is 5.56 Å². The molecule has 0 unspecified atom stereocenters. The van der Waals surface area contributed by atoms with Crippen LogP contribution in [0.3, 0.4) is 0 Å². The van der Waals surface area contributed by atoms with Crippen LogP contribution in [0.5, 0.6) is 11.5 Å². The van der Waals surface area contributed by atoms with Gasteiger partial charge >= 0.3 is 6.09 Å². The smallest absolute Gasteiger partial charge is 0.426 e. The Hall–Kier alpha value is -2.45. The Balaban J connectivity index is 1.82. The van der Waals surface area contributed by atoms with Crippen molar-refractivity contribution in [1.82, 2.24) is 10.9 Å². The van der Waals surface area contributed by atoms with Crippen LogP contribution in [0.15, 0.2) is 29.0 Å². The van der Waals surface area contributed by atoms with E-state index in [0.29, 0.717) is 17.1 Å². The standard InChI is InChI=1S/C16H17ClN2O5S/c1-22-12-4-3-11(14(17)15(12)23-2)8-24-16(21)19-18-13(20)7-10-5-6-25-9-10/h3-6,9H,7-8H2,1-2H3,(H,18,20)(H,19,21). The van der Waals surface area contributed by atoms with E-state index in [1.165, 1.54) is 25.6 Å². The molecule has 1 heterocycles. The summed E-state index contributed by atoms with van der Waals surface area (Å²) in [4.78, 5) is 23.3. The number of halogens is 1. The van der Waals surface area contributed by atoms with E-state index >= 15 is 0 Å². The van der Waals surface area contributed by atoms with Crippen molar-refractivity contribution in [2.24, 2.45) is 0 Å². The van der Waals surface area contributed by atoms with Crippen molar-refractivity contribution < 1.29 is 23.8 Å². The summed E-state index contributed by atoms with van der Waals surface area (Å²) in [6.45, 7) is -0.0918. The van der Waals surface area contributed by atoms with E-state index in [2.05, 4.69) is 10.9 Å². The quantitative estimate of drug-likeness (QED) is 0.748. The zero-order valence-electron chi connectivity index (χ0n) is 13.6. The van der Waals surface area contributed by atoms with Crippen LogP contribution in [0.1, 0.15) is 11.1 Å². The fraction of sp³-hybridized carbons (Fsp3) is 0.250. The Labute approximate surface area is 153 Å². The first-order valence-corrected chi connectivity index (χ1v) is 8.49. The van der Waals surface area contributed by atoms with Gasteiger partial charge in [-0.15, -0.1) is 0 Å². The van der Waals surface area contributed by atoms with Gasteiger partial charge in [-0.3, -0.25) is 10.2 Å². The number of carbonyl (C=O) groups excluding carboxylic acids is 2. The van der Waals surface area contributed by atoms with Crippen LogP contribution < -0.4 is 20.3 Å². The Bertz CT molecular complexity index is 736. The Morgan fingerprint density at radius 3 is 2.60 bits per heavy atom. The lowest BCUT2D eigenvalue weighted by atomic mass is 10.2. The second-order valence-electron chi connectivity index (χ2n) is 4.83. The number of nitrogens with one attached hydrogen (secondary N) is 2. The maximum atomic E-state index is 11.7. The molecule has 7 nitrogen and oxygen atoms in total. The van der Waals surface area contributed by atoms with Crippen LogP contribution in [0, 0.1) is 0 Å². The van der Waals surface area contributed by atoms with Crippen molar-refractivity contribution in [3.05, 3.63) is 45.1 Å². The Kier molecular flexibility index (Phi) is 6.91. The number of thiophene rings is 1. The lowest BCUT2D eigenvalue weighted by Gasteiger charge is -2.13. The molecule has 9 heteroatoms. The number of ether oxygens (including phenoxy) is 3. The number of benzene rings is 1. The molecule has 0 radical (unpaired) electrons. The van der Waals surface area contributed by atoms with Gasteiger partial charge in [0.25, 0.3) is 0 Å². The van der Waals surface area contributed by atoms with E-state index in [1.54, 1.807) is 12.1 Å². The van der Waals surface area contributed by atoms with Crippen molar-refractivity contribution in [3.63, 3.8) is 0 Å². The SMILES string of the molecule is COc1ccc(COC(=O)NNC(=O)Cc2ccsc2)c(Cl)c1OC. The number of rotatable bonds is 6. The van der Waals surface area contributed by atoms with E-state index in [9.17, 15) is 9.59 Å². The fourth-order valence-electron chi connectivity index (χ4n) is 1.96. The van der Waals surface area contributed by atoms with E-state index in [-0.39, 0.29) is 24.0 Å². The van der Waals surface area contributed by atoms with Crippen molar-refractivity contribution in [2.45, 2.75) is 13.0 Å². The summed E-state index contributed by atoms with van der Waals surface area (Å²) in [5, 5.41) is 4.02. The molecular weight excluding hydrogens is 368 g/mol. The van der Waals surface area contributed by atoms with Crippen LogP contribution in [0.4, 0.5) is 4.79 Å². The van der Waals surface area contributed by atoms with E-state index in [1.807, 2.05) is 16.8 Å². The van der Waals surface area contributed by atoms with Gasteiger partial charge in [0.2, 0.25) is 5.91 Å². The highest BCUT2D eigenvalue weighted by Gasteiger charge is 2.14. The first-order valence-electron chi connectivity index (χ1n) is 7.17. The van der Waals surface area contributed by atoms with E-state index in [4.69, 9.17) is 25.8 Å². The molecule has 0 aliphatic heterocycles. The highest BCUT2D eigenvalue weighted by Crippen LogP contribution is 2.37. The second kappa shape index (κ2) is 9.14. The third kappa shape index (κ3) is 5.27. The first kappa shape index (κ1) is 18.9. The third-order valence-corrected chi connectivity index (χ3v) is 4.32. The van der Waals surface area contributed by atoms with Crippen molar-refractivity contribution in [2.75, 3.05) is 14.2 Å². The Morgan fingerprint density at radius 1 is 1.16 bits per heavy atom. The van der Waals surface area contributed by atoms with Gasteiger partial charge in [0.15, 0.2) is 11.5 Å². The third-order valence-electron chi connectivity index (χ3n) is 3.17. The van der Waals surface area contributed by atoms with Crippen LogP contribution in [-0.2, 0) is 22.6 Å². The molecule has 2 N–H and O–H groups in total. The molecule has 134 valence electrons. The molecule has 2 aromatic rings. The van der Waals surface area contributed by atoms with E-state index < -0.39 is 6.09 Å². The molecule has 0 fully saturated rings. The van der Waals surface area contributed by atoms with Crippen LogP contribution >= 0.6 is 22.9 Å². The monoisotopic (exact) mass is 384 g/mol. The molecule has 0 saturated carbocycles. The molecular formula is C16H17ClN2O5S. The molecule has 2 rings (SSSR count). The largest absolute Gasteiger partial charge is 0.493 e. The minimum absolute atomic E-state index is 0.0918. The van der Waals surface area contributed by atoms with Gasteiger partial charge in [-0.05, 0) is 28.5 Å². The molecule has 0 spiro atoms. The number of amides is 2. The lowest BCUT2D eigenvalue weighted by Crippen LogP contribution is -2.42. The van der Waals surface area contributed by atoms with Crippen LogP contribution in [0.2, 0.25) is 5.02 Å².